The molecule has 0 unspecified atom stereocenters. The summed E-state index contributed by atoms with van der Waals surface area (Å²) in [6.07, 6.45) is 0. The lowest BCUT2D eigenvalue weighted by Crippen LogP contribution is -2.32. The van der Waals surface area contributed by atoms with E-state index in [4.69, 9.17) is 4.74 Å². The molecule has 0 aliphatic rings. The molecule has 2 aromatic heterocycles. The van der Waals surface area contributed by atoms with Gasteiger partial charge in [-0.2, -0.15) is 5.10 Å². The van der Waals surface area contributed by atoms with Crippen LogP contribution in [0, 0.1) is 6.92 Å². The Morgan fingerprint density at radius 3 is 2.70 bits per heavy atom. The number of sulfonamides is 1. The van der Waals surface area contributed by atoms with E-state index < -0.39 is 10.0 Å². The molecular formula is C18H19N3O4S2. The molecule has 0 radical (unpaired) electrons. The first kappa shape index (κ1) is 19.3. The fourth-order valence-electron chi connectivity index (χ4n) is 2.55. The van der Waals surface area contributed by atoms with Gasteiger partial charge in [-0.1, -0.05) is 6.07 Å². The molecule has 0 bridgehead atoms. The molecule has 0 spiro atoms. The zero-order chi connectivity index (χ0) is 19.4. The molecule has 3 rings (SSSR count). The molecule has 0 saturated carbocycles. The lowest BCUT2D eigenvalue weighted by molar-refractivity contribution is 0.411. The first-order valence-electron chi connectivity index (χ1n) is 8.17. The number of nitrogens with one attached hydrogen (secondary N) is 1. The van der Waals surface area contributed by atoms with Gasteiger partial charge in [0.05, 0.1) is 23.4 Å². The van der Waals surface area contributed by atoms with Crippen LogP contribution >= 0.6 is 11.3 Å². The van der Waals surface area contributed by atoms with E-state index in [1.54, 1.807) is 25.1 Å². The van der Waals surface area contributed by atoms with Crippen molar-refractivity contribution in [2.24, 2.45) is 0 Å². The average molecular weight is 406 g/mol. The van der Waals surface area contributed by atoms with Gasteiger partial charge in [0.15, 0.2) is 0 Å². The van der Waals surface area contributed by atoms with Crippen LogP contribution in [0.1, 0.15) is 5.56 Å². The summed E-state index contributed by atoms with van der Waals surface area (Å²) in [7, 11) is -2.16. The maximum Gasteiger partial charge on any atom is 0.266 e. The van der Waals surface area contributed by atoms with Crippen LogP contribution in [-0.2, 0) is 16.6 Å². The number of thiophene rings is 1. The summed E-state index contributed by atoms with van der Waals surface area (Å²) in [5.74, 6) is 0.620. The molecule has 0 atom stereocenters. The third-order valence-electron chi connectivity index (χ3n) is 3.93. The molecule has 0 aliphatic heterocycles. The summed E-state index contributed by atoms with van der Waals surface area (Å²) in [6, 6.07) is 11.6. The maximum atomic E-state index is 12.5. The standard InChI is InChI=1S/C18H19N3O4S2/c1-13-12-14(5-7-16(13)25-2)27(23,24)19-9-10-21-18(22)8-6-15(20-21)17-4-3-11-26-17/h3-8,11-12,19H,9-10H2,1-2H3. The van der Waals surface area contributed by atoms with Crippen LogP contribution in [0.5, 0.6) is 5.75 Å². The maximum absolute atomic E-state index is 12.5. The Morgan fingerprint density at radius 2 is 2.04 bits per heavy atom. The minimum Gasteiger partial charge on any atom is -0.496 e. The predicted molar refractivity (Wildman–Crippen MR) is 105 cm³/mol. The van der Waals surface area contributed by atoms with Crippen LogP contribution < -0.4 is 15.0 Å². The molecule has 0 saturated heterocycles. The summed E-state index contributed by atoms with van der Waals surface area (Å²) >= 11 is 1.52. The van der Waals surface area contributed by atoms with Crippen molar-refractivity contribution in [3.63, 3.8) is 0 Å². The van der Waals surface area contributed by atoms with Crippen molar-refractivity contribution in [1.82, 2.24) is 14.5 Å². The van der Waals surface area contributed by atoms with Crippen LogP contribution in [0.25, 0.3) is 10.6 Å². The molecule has 142 valence electrons. The summed E-state index contributed by atoms with van der Waals surface area (Å²) in [6.45, 7) is 1.96. The number of aryl methyl sites for hydroxylation is 1. The second-order valence-electron chi connectivity index (χ2n) is 5.79. The van der Waals surface area contributed by atoms with Gasteiger partial charge < -0.3 is 4.74 Å². The Balaban J connectivity index is 1.71. The lowest BCUT2D eigenvalue weighted by Gasteiger charge is -2.10. The number of nitrogens with zero attached hydrogens (tertiary/aromatic N) is 2. The van der Waals surface area contributed by atoms with Gasteiger partial charge in [0, 0.05) is 12.6 Å². The Labute approximate surface area is 161 Å². The third-order valence-corrected chi connectivity index (χ3v) is 6.28. The van der Waals surface area contributed by atoms with E-state index in [1.807, 2.05) is 17.5 Å². The Kier molecular flexibility index (Phi) is 5.73. The minimum atomic E-state index is -3.69. The Morgan fingerprint density at radius 1 is 1.22 bits per heavy atom. The van der Waals surface area contributed by atoms with E-state index in [1.165, 1.54) is 35.3 Å². The fraction of sp³-hybridized carbons (Fsp3) is 0.222. The van der Waals surface area contributed by atoms with Crippen molar-refractivity contribution in [2.45, 2.75) is 18.4 Å². The number of aromatic nitrogens is 2. The van der Waals surface area contributed by atoms with E-state index in [0.29, 0.717) is 11.4 Å². The van der Waals surface area contributed by atoms with E-state index in [0.717, 1.165) is 10.4 Å². The summed E-state index contributed by atoms with van der Waals surface area (Å²) in [5, 5.41) is 6.24. The van der Waals surface area contributed by atoms with Crippen LogP contribution in [0.15, 0.2) is 57.5 Å². The van der Waals surface area contributed by atoms with Gasteiger partial charge in [-0.25, -0.2) is 17.8 Å². The SMILES string of the molecule is COc1ccc(S(=O)(=O)NCCn2nc(-c3cccs3)ccc2=O)cc1C. The Bertz CT molecular complexity index is 1090. The zero-order valence-corrected chi connectivity index (χ0v) is 16.5. The molecule has 2 heterocycles. The van der Waals surface area contributed by atoms with Crippen LogP contribution in [0.2, 0.25) is 0 Å². The molecule has 7 nitrogen and oxygen atoms in total. The highest BCUT2D eigenvalue weighted by Crippen LogP contribution is 2.22. The van der Waals surface area contributed by atoms with E-state index in [9.17, 15) is 13.2 Å². The molecule has 27 heavy (non-hydrogen) atoms. The van der Waals surface area contributed by atoms with E-state index in [-0.39, 0.29) is 23.5 Å². The van der Waals surface area contributed by atoms with Gasteiger partial charge in [0.2, 0.25) is 10.0 Å². The summed E-state index contributed by atoms with van der Waals surface area (Å²) in [5.41, 5.74) is 1.12. The third kappa shape index (κ3) is 4.44. The molecule has 0 aliphatic carbocycles. The summed E-state index contributed by atoms with van der Waals surface area (Å²) in [4.78, 5) is 13.1. The lowest BCUT2D eigenvalue weighted by atomic mass is 10.2. The number of hydrogen-bond donors (Lipinski definition) is 1. The van der Waals surface area contributed by atoms with Crippen molar-refractivity contribution in [3.8, 4) is 16.3 Å². The first-order valence-corrected chi connectivity index (χ1v) is 10.5. The van der Waals surface area contributed by atoms with Crippen molar-refractivity contribution in [3.05, 3.63) is 63.8 Å². The highest BCUT2D eigenvalue weighted by molar-refractivity contribution is 7.89. The number of ether oxygens (including phenoxy) is 1. The fourth-order valence-corrected chi connectivity index (χ4v) is 4.35. The summed E-state index contributed by atoms with van der Waals surface area (Å²) < 4.78 is 33.8. The molecule has 0 fully saturated rings. The number of methoxy groups -OCH3 is 1. The second kappa shape index (κ2) is 8.03. The smallest absolute Gasteiger partial charge is 0.266 e. The predicted octanol–water partition coefficient (Wildman–Crippen LogP) is 2.27. The molecule has 3 aromatic rings. The quantitative estimate of drug-likeness (QED) is 0.651. The van der Waals surface area contributed by atoms with Crippen LogP contribution in [0.4, 0.5) is 0 Å². The number of rotatable bonds is 7. The Hall–Kier alpha value is -2.49. The van der Waals surface area contributed by atoms with Crippen molar-refractivity contribution in [2.75, 3.05) is 13.7 Å². The molecular weight excluding hydrogens is 386 g/mol. The number of hydrogen-bond acceptors (Lipinski definition) is 6. The van der Waals surface area contributed by atoms with E-state index in [2.05, 4.69) is 9.82 Å². The molecule has 9 heteroatoms. The average Bonchev–Trinajstić information content (AvgIpc) is 3.18. The van der Waals surface area contributed by atoms with Crippen LogP contribution in [0.3, 0.4) is 0 Å². The van der Waals surface area contributed by atoms with Crippen molar-refractivity contribution < 1.29 is 13.2 Å². The van der Waals surface area contributed by atoms with Crippen molar-refractivity contribution >= 4 is 21.4 Å². The monoisotopic (exact) mass is 405 g/mol. The van der Waals surface area contributed by atoms with Crippen molar-refractivity contribution in [1.29, 1.82) is 0 Å². The van der Waals surface area contributed by atoms with Gasteiger partial charge in [0.1, 0.15) is 11.4 Å². The minimum absolute atomic E-state index is 0.0498. The van der Waals surface area contributed by atoms with Gasteiger partial charge in [0.25, 0.3) is 5.56 Å². The highest BCUT2D eigenvalue weighted by Gasteiger charge is 2.15. The highest BCUT2D eigenvalue weighted by atomic mass is 32.2. The van der Waals surface area contributed by atoms with Gasteiger partial charge in [-0.15, -0.1) is 11.3 Å². The van der Waals surface area contributed by atoms with Gasteiger partial charge >= 0.3 is 0 Å². The molecule has 1 N–H and O–H groups in total. The number of benzene rings is 1. The van der Waals surface area contributed by atoms with Gasteiger partial charge in [-0.05, 0) is 48.2 Å². The first-order chi connectivity index (χ1) is 12.9. The van der Waals surface area contributed by atoms with E-state index >= 15 is 0 Å². The topological polar surface area (TPSA) is 90.3 Å². The molecule has 1 aromatic carbocycles. The normalized spacial score (nSPS) is 11.5. The van der Waals surface area contributed by atoms with Crippen LogP contribution in [-0.4, -0.2) is 31.9 Å². The van der Waals surface area contributed by atoms with Gasteiger partial charge in [-0.3, -0.25) is 4.79 Å². The second-order valence-corrected chi connectivity index (χ2v) is 8.50. The zero-order valence-electron chi connectivity index (χ0n) is 14.9. The largest absolute Gasteiger partial charge is 0.496 e. The molecule has 0 amide bonds.